The Kier molecular flexibility index (Phi) is 2.46. The van der Waals surface area contributed by atoms with Crippen LogP contribution < -0.4 is 5.32 Å². The molecule has 1 aromatic rings. The Balaban J connectivity index is 1.66. The summed E-state index contributed by atoms with van der Waals surface area (Å²) < 4.78 is 2.01. The van der Waals surface area contributed by atoms with Crippen molar-refractivity contribution in [2.45, 2.75) is 44.7 Å². The topological polar surface area (TPSA) is 42.7 Å². The molecule has 16 heavy (non-hydrogen) atoms. The average molecular weight is 220 g/mol. The first-order valence-corrected chi connectivity index (χ1v) is 6.35. The molecular weight excluding hydrogens is 200 g/mol. The highest BCUT2D eigenvalue weighted by atomic mass is 15.3. The van der Waals surface area contributed by atoms with Crippen molar-refractivity contribution in [3.05, 3.63) is 12.2 Å². The van der Waals surface area contributed by atoms with Crippen molar-refractivity contribution in [2.24, 2.45) is 18.9 Å². The first-order chi connectivity index (χ1) is 7.75. The third kappa shape index (κ3) is 1.98. The fourth-order valence-electron chi connectivity index (χ4n) is 2.62. The van der Waals surface area contributed by atoms with Crippen LogP contribution in [-0.4, -0.2) is 20.8 Å². The second kappa shape index (κ2) is 3.84. The van der Waals surface area contributed by atoms with Gasteiger partial charge in [0.05, 0.1) is 6.04 Å². The fraction of sp³-hybridized carbons (Fsp3) is 0.833. The van der Waals surface area contributed by atoms with E-state index in [4.69, 9.17) is 0 Å². The second-order valence-corrected chi connectivity index (χ2v) is 5.39. The highest BCUT2D eigenvalue weighted by Crippen LogP contribution is 2.45. The molecule has 0 bridgehead atoms. The summed E-state index contributed by atoms with van der Waals surface area (Å²) in [5.74, 6) is 2.91. The lowest BCUT2D eigenvalue weighted by Gasteiger charge is -2.22. The minimum atomic E-state index is 0.318. The lowest BCUT2D eigenvalue weighted by atomic mass is 10.1. The number of aryl methyl sites for hydroxylation is 1. The molecule has 0 spiro atoms. The summed E-state index contributed by atoms with van der Waals surface area (Å²) in [5.41, 5.74) is 0. The monoisotopic (exact) mass is 220 g/mol. The van der Waals surface area contributed by atoms with Gasteiger partial charge in [0.25, 0.3) is 0 Å². The number of nitrogens with one attached hydrogen (secondary N) is 1. The Hall–Kier alpha value is -0.900. The van der Waals surface area contributed by atoms with E-state index in [0.717, 1.165) is 23.7 Å². The van der Waals surface area contributed by atoms with Crippen molar-refractivity contribution in [1.82, 2.24) is 20.1 Å². The second-order valence-electron chi connectivity index (χ2n) is 5.39. The molecule has 0 amide bonds. The standard InChI is InChI=1S/C12H20N4/c1-8(12-15-13-7-16(12)2)14-11(9-3-4-9)10-5-6-10/h7-11,14H,3-6H2,1-2H3. The molecule has 2 fully saturated rings. The van der Waals surface area contributed by atoms with Crippen LogP contribution >= 0.6 is 0 Å². The summed E-state index contributed by atoms with van der Waals surface area (Å²) in [6.45, 7) is 2.20. The van der Waals surface area contributed by atoms with Gasteiger partial charge in [0, 0.05) is 13.1 Å². The molecule has 1 unspecified atom stereocenters. The predicted molar refractivity (Wildman–Crippen MR) is 61.8 cm³/mol. The number of nitrogens with zero attached hydrogens (tertiary/aromatic N) is 3. The zero-order valence-corrected chi connectivity index (χ0v) is 10.1. The summed E-state index contributed by atoms with van der Waals surface area (Å²) in [6, 6.07) is 1.05. The van der Waals surface area contributed by atoms with Crippen LogP contribution in [0.1, 0.15) is 44.5 Å². The number of hydrogen-bond donors (Lipinski definition) is 1. The molecule has 2 aliphatic carbocycles. The Bertz CT molecular complexity index is 353. The minimum Gasteiger partial charge on any atom is -0.319 e. The van der Waals surface area contributed by atoms with Crippen molar-refractivity contribution in [2.75, 3.05) is 0 Å². The minimum absolute atomic E-state index is 0.318. The van der Waals surface area contributed by atoms with Crippen LogP contribution in [0, 0.1) is 11.8 Å². The zero-order chi connectivity index (χ0) is 11.1. The van der Waals surface area contributed by atoms with Crippen molar-refractivity contribution < 1.29 is 0 Å². The Morgan fingerprint density at radius 1 is 1.31 bits per heavy atom. The van der Waals surface area contributed by atoms with Crippen molar-refractivity contribution in [3.8, 4) is 0 Å². The zero-order valence-electron chi connectivity index (χ0n) is 10.1. The van der Waals surface area contributed by atoms with E-state index in [1.54, 1.807) is 6.33 Å². The maximum atomic E-state index is 4.18. The van der Waals surface area contributed by atoms with Gasteiger partial charge in [0.2, 0.25) is 0 Å². The summed E-state index contributed by atoms with van der Waals surface area (Å²) in [7, 11) is 2.01. The number of rotatable bonds is 5. The molecule has 1 N–H and O–H groups in total. The lowest BCUT2D eigenvalue weighted by Crippen LogP contribution is -2.36. The first-order valence-electron chi connectivity index (χ1n) is 6.35. The lowest BCUT2D eigenvalue weighted by molar-refractivity contribution is 0.365. The first kappa shape index (κ1) is 10.3. The third-order valence-corrected chi connectivity index (χ3v) is 3.84. The van der Waals surface area contributed by atoms with E-state index in [-0.39, 0.29) is 0 Å². The van der Waals surface area contributed by atoms with Crippen LogP contribution in [0.3, 0.4) is 0 Å². The van der Waals surface area contributed by atoms with E-state index in [1.807, 2.05) is 11.6 Å². The van der Waals surface area contributed by atoms with Crippen LogP contribution in [0.4, 0.5) is 0 Å². The summed E-state index contributed by atoms with van der Waals surface area (Å²) >= 11 is 0. The van der Waals surface area contributed by atoms with E-state index in [2.05, 4.69) is 22.4 Å². The Morgan fingerprint density at radius 2 is 1.94 bits per heavy atom. The van der Waals surface area contributed by atoms with Gasteiger partial charge < -0.3 is 9.88 Å². The van der Waals surface area contributed by atoms with Gasteiger partial charge in [0.1, 0.15) is 12.2 Å². The molecule has 88 valence electrons. The highest BCUT2D eigenvalue weighted by molar-refractivity contribution is 5.00. The van der Waals surface area contributed by atoms with E-state index in [0.29, 0.717) is 6.04 Å². The molecule has 3 rings (SSSR count). The van der Waals surface area contributed by atoms with Gasteiger partial charge in [-0.05, 0) is 44.4 Å². The molecule has 1 aromatic heterocycles. The third-order valence-electron chi connectivity index (χ3n) is 3.84. The van der Waals surface area contributed by atoms with Gasteiger partial charge in [0.15, 0.2) is 0 Å². The van der Waals surface area contributed by atoms with Crippen molar-refractivity contribution in [1.29, 1.82) is 0 Å². The summed E-state index contributed by atoms with van der Waals surface area (Å²) in [4.78, 5) is 0. The number of hydrogen-bond acceptors (Lipinski definition) is 3. The molecule has 2 saturated carbocycles. The molecule has 1 atom stereocenters. The SMILES string of the molecule is CC(NC(C1CC1)C1CC1)c1nncn1C. The van der Waals surface area contributed by atoms with Crippen LogP contribution in [0.15, 0.2) is 6.33 Å². The van der Waals surface area contributed by atoms with Gasteiger partial charge in [-0.3, -0.25) is 0 Å². The van der Waals surface area contributed by atoms with Gasteiger partial charge >= 0.3 is 0 Å². The summed E-state index contributed by atoms with van der Waals surface area (Å²) in [5, 5.41) is 11.9. The highest BCUT2D eigenvalue weighted by Gasteiger charge is 2.42. The molecule has 4 heteroatoms. The summed E-state index contributed by atoms with van der Waals surface area (Å²) in [6.07, 6.45) is 7.44. The molecule has 2 aliphatic rings. The maximum absolute atomic E-state index is 4.18. The molecular formula is C12H20N4. The van der Waals surface area contributed by atoms with Crippen LogP contribution in [0.25, 0.3) is 0 Å². The number of aromatic nitrogens is 3. The van der Waals surface area contributed by atoms with E-state index >= 15 is 0 Å². The van der Waals surface area contributed by atoms with Gasteiger partial charge in [-0.2, -0.15) is 0 Å². The average Bonchev–Trinajstić information content (AvgIpc) is 3.14. The van der Waals surface area contributed by atoms with Crippen LogP contribution in [-0.2, 0) is 7.05 Å². The van der Waals surface area contributed by atoms with E-state index < -0.39 is 0 Å². The van der Waals surface area contributed by atoms with Gasteiger partial charge in [-0.15, -0.1) is 10.2 Å². The maximum Gasteiger partial charge on any atom is 0.149 e. The molecule has 0 saturated heterocycles. The largest absolute Gasteiger partial charge is 0.319 e. The molecule has 4 nitrogen and oxygen atoms in total. The van der Waals surface area contributed by atoms with Crippen molar-refractivity contribution in [3.63, 3.8) is 0 Å². The fourth-order valence-corrected chi connectivity index (χ4v) is 2.62. The van der Waals surface area contributed by atoms with Gasteiger partial charge in [-0.1, -0.05) is 0 Å². The van der Waals surface area contributed by atoms with Crippen LogP contribution in [0.2, 0.25) is 0 Å². The quantitative estimate of drug-likeness (QED) is 0.820. The van der Waals surface area contributed by atoms with Crippen molar-refractivity contribution >= 4 is 0 Å². The van der Waals surface area contributed by atoms with Gasteiger partial charge in [-0.25, -0.2) is 0 Å². The van der Waals surface area contributed by atoms with E-state index in [9.17, 15) is 0 Å². The Morgan fingerprint density at radius 3 is 2.38 bits per heavy atom. The van der Waals surface area contributed by atoms with E-state index in [1.165, 1.54) is 25.7 Å². The smallest absolute Gasteiger partial charge is 0.149 e. The molecule has 1 heterocycles. The van der Waals surface area contributed by atoms with Crippen LogP contribution in [0.5, 0.6) is 0 Å². The molecule has 0 radical (unpaired) electrons. The normalized spacial score (nSPS) is 22.7. The molecule has 0 aromatic carbocycles. The predicted octanol–water partition coefficient (Wildman–Crippen LogP) is 1.65. The Labute approximate surface area is 96.4 Å². The molecule has 0 aliphatic heterocycles.